The van der Waals surface area contributed by atoms with Gasteiger partial charge in [0.05, 0.1) is 0 Å². The topological polar surface area (TPSA) is 32.3 Å². The van der Waals surface area contributed by atoms with Crippen molar-refractivity contribution in [2.45, 2.75) is 25.8 Å². The van der Waals surface area contributed by atoms with Crippen molar-refractivity contribution in [2.24, 2.45) is 0 Å². The summed E-state index contributed by atoms with van der Waals surface area (Å²) >= 11 is 0. The fourth-order valence-corrected chi connectivity index (χ4v) is 1.45. The summed E-state index contributed by atoms with van der Waals surface area (Å²) in [5.74, 6) is 0.280. The zero-order valence-electron chi connectivity index (χ0n) is 7.26. The molecule has 1 heterocycles. The number of amides is 1. The van der Waals surface area contributed by atoms with Gasteiger partial charge in [0.1, 0.15) is 0 Å². The highest BCUT2D eigenvalue weighted by Crippen LogP contribution is 2.09. The van der Waals surface area contributed by atoms with Crippen LogP contribution in [-0.4, -0.2) is 37.0 Å². The van der Waals surface area contributed by atoms with Crippen molar-refractivity contribution in [1.29, 1.82) is 0 Å². The first-order chi connectivity index (χ1) is 5.27. The molecule has 0 aliphatic carbocycles. The van der Waals surface area contributed by atoms with Crippen LogP contribution in [0.4, 0.5) is 0 Å². The molecule has 0 aromatic heterocycles. The van der Waals surface area contributed by atoms with Gasteiger partial charge in [-0.3, -0.25) is 4.79 Å². The Hall–Kier alpha value is -0.570. The Labute approximate surface area is 67.8 Å². The molecular formula is C8H16N2O. The Morgan fingerprint density at radius 2 is 2.45 bits per heavy atom. The zero-order chi connectivity index (χ0) is 8.27. The van der Waals surface area contributed by atoms with Gasteiger partial charge >= 0.3 is 0 Å². The van der Waals surface area contributed by atoms with Crippen LogP contribution in [0.1, 0.15) is 19.8 Å². The van der Waals surface area contributed by atoms with Crippen LogP contribution in [0.15, 0.2) is 0 Å². The van der Waals surface area contributed by atoms with Crippen LogP contribution >= 0.6 is 0 Å². The van der Waals surface area contributed by atoms with E-state index < -0.39 is 0 Å². The van der Waals surface area contributed by atoms with Gasteiger partial charge in [-0.15, -0.1) is 0 Å². The van der Waals surface area contributed by atoms with Gasteiger partial charge in [0.2, 0.25) is 5.91 Å². The van der Waals surface area contributed by atoms with E-state index in [1.54, 1.807) is 0 Å². The molecule has 0 bridgehead atoms. The van der Waals surface area contributed by atoms with Crippen molar-refractivity contribution in [3.63, 3.8) is 0 Å². The van der Waals surface area contributed by atoms with E-state index in [1.807, 2.05) is 18.9 Å². The first-order valence-corrected chi connectivity index (χ1v) is 4.23. The highest BCUT2D eigenvalue weighted by molar-refractivity contribution is 5.76. The van der Waals surface area contributed by atoms with Crippen LogP contribution in [0.5, 0.6) is 0 Å². The molecule has 1 N–H and O–H groups in total. The molecule has 0 spiro atoms. The Balaban J connectivity index is 2.35. The molecule has 0 radical (unpaired) electrons. The Bertz CT molecular complexity index is 147. The number of nitrogens with zero attached hydrogens (tertiary/aromatic N) is 1. The van der Waals surface area contributed by atoms with Gasteiger partial charge < -0.3 is 10.2 Å². The molecule has 11 heavy (non-hydrogen) atoms. The lowest BCUT2D eigenvalue weighted by molar-refractivity contribution is -0.129. The second kappa shape index (κ2) is 3.72. The molecule has 0 saturated carbocycles. The molecule has 0 unspecified atom stereocenters. The number of likely N-dealkylation sites (tertiary alicyclic amines) is 1. The summed E-state index contributed by atoms with van der Waals surface area (Å²) in [6.07, 6.45) is 1.73. The van der Waals surface area contributed by atoms with Gasteiger partial charge in [-0.2, -0.15) is 0 Å². The quantitative estimate of drug-likeness (QED) is 0.620. The summed E-state index contributed by atoms with van der Waals surface area (Å²) in [5, 5.41) is 3.18. The Morgan fingerprint density at radius 3 is 2.91 bits per heavy atom. The van der Waals surface area contributed by atoms with Crippen LogP contribution in [0.25, 0.3) is 0 Å². The summed E-state index contributed by atoms with van der Waals surface area (Å²) in [4.78, 5) is 13.1. The lowest BCUT2D eigenvalue weighted by Gasteiger charge is -2.14. The SMILES string of the molecule is CCC(=O)N1CC[C@H](NC)C1. The minimum atomic E-state index is 0.280. The molecule has 1 amide bonds. The van der Waals surface area contributed by atoms with Gasteiger partial charge in [-0.05, 0) is 13.5 Å². The lowest BCUT2D eigenvalue weighted by atomic mass is 10.3. The third kappa shape index (κ3) is 1.93. The van der Waals surface area contributed by atoms with Crippen LogP contribution in [0.2, 0.25) is 0 Å². The second-order valence-electron chi connectivity index (χ2n) is 2.97. The summed E-state index contributed by atoms with van der Waals surface area (Å²) in [7, 11) is 1.95. The maximum atomic E-state index is 11.2. The van der Waals surface area contributed by atoms with E-state index in [0.717, 1.165) is 19.5 Å². The number of hydrogen-bond acceptors (Lipinski definition) is 2. The molecule has 0 aromatic rings. The maximum absolute atomic E-state index is 11.2. The van der Waals surface area contributed by atoms with Crippen molar-refractivity contribution in [3.05, 3.63) is 0 Å². The average Bonchev–Trinajstić information content (AvgIpc) is 2.50. The minimum absolute atomic E-state index is 0.280. The molecule has 1 rings (SSSR count). The zero-order valence-corrected chi connectivity index (χ0v) is 7.26. The number of nitrogens with one attached hydrogen (secondary N) is 1. The largest absolute Gasteiger partial charge is 0.341 e. The minimum Gasteiger partial charge on any atom is -0.341 e. The van der Waals surface area contributed by atoms with E-state index in [1.165, 1.54) is 0 Å². The van der Waals surface area contributed by atoms with Gasteiger partial charge in [-0.25, -0.2) is 0 Å². The molecule has 1 saturated heterocycles. The monoisotopic (exact) mass is 156 g/mol. The predicted octanol–water partition coefficient (Wildman–Crippen LogP) is 0.217. The number of carbonyl (C=O) groups excluding carboxylic acids is 1. The Morgan fingerprint density at radius 1 is 1.73 bits per heavy atom. The Kier molecular flexibility index (Phi) is 2.88. The van der Waals surface area contributed by atoms with Crippen LogP contribution < -0.4 is 5.32 Å². The summed E-state index contributed by atoms with van der Waals surface area (Å²) in [5.41, 5.74) is 0. The number of rotatable bonds is 2. The van der Waals surface area contributed by atoms with Crippen molar-refractivity contribution >= 4 is 5.91 Å². The normalized spacial score (nSPS) is 24.2. The number of carbonyl (C=O) groups is 1. The average molecular weight is 156 g/mol. The third-order valence-electron chi connectivity index (χ3n) is 2.25. The molecular weight excluding hydrogens is 140 g/mol. The maximum Gasteiger partial charge on any atom is 0.222 e. The molecule has 1 atom stereocenters. The van der Waals surface area contributed by atoms with Crippen LogP contribution in [0.3, 0.4) is 0 Å². The number of likely N-dealkylation sites (N-methyl/N-ethyl adjacent to an activating group) is 1. The predicted molar refractivity (Wildman–Crippen MR) is 44.3 cm³/mol. The van der Waals surface area contributed by atoms with Gasteiger partial charge in [0, 0.05) is 25.6 Å². The standard InChI is InChI=1S/C8H16N2O/c1-3-8(11)10-5-4-7(6-10)9-2/h7,9H,3-6H2,1-2H3/t7-/m0/s1. The van der Waals surface area contributed by atoms with E-state index in [2.05, 4.69) is 5.32 Å². The molecule has 3 heteroatoms. The van der Waals surface area contributed by atoms with Crippen molar-refractivity contribution in [1.82, 2.24) is 10.2 Å². The number of hydrogen-bond donors (Lipinski definition) is 1. The molecule has 1 fully saturated rings. The summed E-state index contributed by atoms with van der Waals surface area (Å²) in [6.45, 7) is 3.73. The molecule has 64 valence electrons. The first-order valence-electron chi connectivity index (χ1n) is 4.23. The summed E-state index contributed by atoms with van der Waals surface area (Å²) in [6, 6.07) is 0.519. The van der Waals surface area contributed by atoms with E-state index in [4.69, 9.17) is 0 Å². The first kappa shape index (κ1) is 8.53. The van der Waals surface area contributed by atoms with E-state index in [9.17, 15) is 4.79 Å². The van der Waals surface area contributed by atoms with Crippen molar-refractivity contribution in [3.8, 4) is 0 Å². The summed E-state index contributed by atoms with van der Waals surface area (Å²) < 4.78 is 0. The molecule has 0 aromatic carbocycles. The van der Waals surface area contributed by atoms with E-state index in [0.29, 0.717) is 12.5 Å². The van der Waals surface area contributed by atoms with Crippen LogP contribution in [-0.2, 0) is 4.79 Å². The second-order valence-corrected chi connectivity index (χ2v) is 2.97. The van der Waals surface area contributed by atoms with Crippen molar-refractivity contribution < 1.29 is 4.79 Å². The van der Waals surface area contributed by atoms with Gasteiger partial charge in [0.25, 0.3) is 0 Å². The van der Waals surface area contributed by atoms with Crippen molar-refractivity contribution in [2.75, 3.05) is 20.1 Å². The highest BCUT2D eigenvalue weighted by Gasteiger charge is 2.23. The fourth-order valence-electron chi connectivity index (χ4n) is 1.45. The van der Waals surface area contributed by atoms with Crippen LogP contribution in [0, 0.1) is 0 Å². The van der Waals surface area contributed by atoms with Gasteiger partial charge in [-0.1, -0.05) is 6.92 Å². The molecule has 3 nitrogen and oxygen atoms in total. The van der Waals surface area contributed by atoms with E-state index in [-0.39, 0.29) is 5.91 Å². The fraction of sp³-hybridized carbons (Fsp3) is 0.875. The lowest BCUT2D eigenvalue weighted by Crippen LogP contribution is -2.32. The molecule has 1 aliphatic rings. The van der Waals surface area contributed by atoms with Gasteiger partial charge in [0.15, 0.2) is 0 Å². The molecule has 1 aliphatic heterocycles. The third-order valence-corrected chi connectivity index (χ3v) is 2.25. The smallest absolute Gasteiger partial charge is 0.222 e. The highest BCUT2D eigenvalue weighted by atomic mass is 16.2. The van der Waals surface area contributed by atoms with E-state index >= 15 is 0 Å².